The Kier molecular flexibility index (Phi) is 21.8. The van der Waals surface area contributed by atoms with E-state index in [2.05, 4.69) is 103 Å². The molecule has 0 saturated carbocycles. The van der Waals surface area contributed by atoms with Crippen molar-refractivity contribution >= 4 is 22.7 Å². The number of hydrogen-bond acceptors (Lipinski definition) is 5. The summed E-state index contributed by atoms with van der Waals surface area (Å²) in [6.45, 7) is 19.6. The molecular formula is C50H70O5. The molecule has 0 aliphatic carbocycles. The summed E-state index contributed by atoms with van der Waals surface area (Å²) in [6.07, 6.45) is 29.6. The molecule has 300 valence electrons. The molecule has 2 rings (SSSR count). The van der Waals surface area contributed by atoms with Crippen molar-refractivity contribution in [2.24, 2.45) is 0 Å². The Morgan fingerprint density at radius 2 is 0.945 bits per heavy atom. The molecule has 0 fully saturated rings. The number of aromatic hydroxyl groups is 1. The molecule has 0 spiro atoms. The maximum absolute atomic E-state index is 12.5. The lowest BCUT2D eigenvalue weighted by molar-refractivity contribution is -0.148. The highest BCUT2D eigenvalue weighted by molar-refractivity contribution is 5.99. The molecule has 0 radical (unpaired) electrons. The van der Waals surface area contributed by atoms with Crippen LogP contribution in [0.2, 0.25) is 0 Å². The monoisotopic (exact) mass is 751 g/mol. The number of carbonyl (C=O) groups excluding carboxylic acids is 2. The molecule has 0 aliphatic heterocycles. The van der Waals surface area contributed by atoms with E-state index >= 15 is 0 Å². The molecule has 0 aromatic heterocycles. The van der Waals surface area contributed by atoms with Gasteiger partial charge in [0.15, 0.2) is 0 Å². The van der Waals surface area contributed by atoms with Crippen LogP contribution in [0.4, 0.5) is 0 Å². The van der Waals surface area contributed by atoms with Crippen molar-refractivity contribution in [3.8, 4) is 11.5 Å². The molecule has 1 N–H and O–H groups in total. The van der Waals surface area contributed by atoms with Gasteiger partial charge in [0, 0.05) is 16.3 Å². The Bertz CT molecular complexity index is 1790. The number of rotatable bonds is 23. The van der Waals surface area contributed by atoms with Crippen LogP contribution in [-0.4, -0.2) is 24.2 Å². The summed E-state index contributed by atoms with van der Waals surface area (Å²) in [5, 5.41) is 12.4. The maximum atomic E-state index is 12.5. The number of benzene rings is 2. The van der Waals surface area contributed by atoms with Gasteiger partial charge in [-0.2, -0.15) is 0 Å². The minimum atomic E-state index is -0.695. The van der Waals surface area contributed by atoms with Crippen LogP contribution in [0.15, 0.2) is 106 Å². The number of esters is 2. The quantitative estimate of drug-likeness (QED) is 0.0530. The van der Waals surface area contributed by atoms with Gasteiger partial charge in [-0.15, -0.1) is 0 Å². The van der Waals surface area contributed by atoms with Gasteiger partial charge in [-0.1, -0.05) is 106 Å². The molecule has 0 unspecified atom stereocenters. The Morgan fingerprint density at radius 1 is 0.564 bits per heavy atom. The van der Waals surface area contributed by atoms with Gasteiger partial charge >= 0.3 is 11.9 Å². The van der Waals surface area contributed by atoms with Gasteiger partial charge in [-0.3, -0.25) is 9.59 Å². The van der Waals surface area contributed by atoms with Crippen LogP contribution in [0, 0.1) is 6.92 Å². The molecule has 0 heterocycles. The third-order valence-corrected chi connectivity index (χ3v) is 10.1. The third-order valence-electron chi connectivity index (χ3n) is 10.1. The molecule has 0 aliphatic rings. The van der Waals surface area contributed by atoms with E-state index in [4.69, 9.17) is 4.74 Å². The number of phenolic OH excluding ortho intramolecular Hbond substituents is 1. The second-order valence-corrected chi connectivity index (χ2v) is 15.6. The van der Waals surface area contributed by atoms with Crippen molar-refractivity contribution in [2.45, 2.75) is 152 Å². The Hall–Kier alpha value is -4.38. The van der Waals surface area contributed by atoms with E-state index in [9.17, 15) is 14.7 Å². The van der Waals surface area contributed by atoms with Gasteiger partial charge < -0.3 is 14.6 Å². The Balaban J connectivity index is 1.79. The van der Waals surface area contributed by atoms with Crippen molar-refractivity contribution < 1.29 is 24.2 Å². The minimum absolute atomic E-state index is 0.184. The fourth-order valence-corrected chi connectivity index (χ4v) is 6.50. The van der Waals surface area contributed by atoms with Crippen molar-refractivity contribution in [2.75, 3.05) is 7.11 Å². The number of ether oxygens (including phenoxy) is 2. The zero-order chi connectivity index (χ0) is 40.8. The van der Waals surface area contributed by atoms with Crippen molar-refractivity contribution in [1.82, 2.24) is 0 Å². The molecule has 5 nitrogen and oxygen atoms in total. The van der Waals surface area contributed by atoms with Gasteiger partial charge in [0.1, 0.15) is 17.9 Å². The highest BCUT2D eigenvalue weighted by Gasteiger charge is 2.20. The zero-order valence-electron chi connectivity index (χ0n) is 35.8. The largest absolute Gasteiger partial charge is 0.507 e. The van der Waals surface area contributed by atoms with E-state index in [1.165, 1.54) is 52.5 Å². The van der Waals surface area contributed by atoms with Crippen LogP contribution in [0.1, 0.15) is 150 Å². The van der Waals surface area contributed by atoms with Crippen LogP contribution in [-0.2, 0) is 20.7 Å². The fourth-order valence-electron chi connectivity index (χ4n) is 6.50. The number of hydrogen-bond donors (Lipinski definition) is 1. The molecule has 0 bridgehead atoms. The molecule has 2 aromatic carbocycles. The van der Waals surface area contributed by atoms with E-state index in [0.29, 0.717) is 34.1 Å². The molecule has 5 heteroatoms. The first-order chi connectivity index (χ1) is 26.2. The Morgan fingerprint density at radius 3 is 1.35 bits per heavy atom. The average molecular weight is 751 g/mol. The summed E-state index contributed by atoms with van der Waals surface area (Å²) in [5.74, 6) is -0.805. The standard InChI is InChI=1S/C50H70O5/c1-36(2)19-13-20-37(3)21-14-22-38(4)23-15-24-39(5)25-16-26-40(6)27-17-28-41(7)29-18-30-42(8)33-34-44-43(9)50(55-48(52)35-47(51)54-10)46-32-12-11-31-45(46)49(44)53/h11-12,19,21,23,25,27,29,31-33,53H,13-18,20,22,24,26,28,30,34-35H2,1-10H3/b37-21+,38-23+,39-25+,40-27+,41-29+,42-33+. The number of phenols is 1. The van der Waals surface area contributed by atoms with Crippen LogP contribution >= 0.6 is 0 Å². The van der Waals surface area contributed by atoms with Crippen LogP contribution in [0.3, 0.4) is 0 Å². The third kappa shape index (κ3) is 18.7. The number of fused-ring (bicyclic) bond motifs is 1. The molecule has 0 amide bonds. The molecule has 2 aromatic rings. The smallest absolute Gasteiger partial charge is 0.322 e. The maximum Gasteiger partial charge on any atom is 0.322 e. The highest BCUT2D eigenvalue weighted by atomic mass is 16.5. The SMILES string of the molecule is COC(=O)CC(=O)Oc1c(C)c(C/C=C(\C)CC/C=C(\C)CC/C=C(\C)CC/C=C(\C)CC/C=C(\C)CC/C=C(\C)CCC=C(C)C)c(O)c2ccccc12. The summed E-state index contributed by atoms with van der Waals surface area (Å²) in [6, 6.07) is 7.27. The minimum Gasteiger partial charge on any atom is -0.507 e. The van der Waals surface area contributed by atoms with Gasteiger partial charge in [0.2, 0.25) is 0 Å². The van der Waals surface area contributed by atoms with Crippen LogP contribution < -0.4 is 4.74 Å². The molecule has 0 atom stereocenters. The van der Waals surface area contributed by atoms with Crippen molar-refractivity contribution in [3.63, 3.8) is 0 Å². The summed E-state index contributed by atoms with van der Waals surface area (Å²) >= 11 is 0. The summed E-state index contributed by atoms with van der Waals surface area (Å²) in [4.78, 5) is 24.1. The Labute approximate surface area is 333 Å². The van der Waals surface area contributed by atoms with Gasteiger partial charge in [0.05, 0.1) is 7.11 Å². The number of carbonyl (C=O) groups is 2. The number of methoxy groups -OCH3 is 1. The second-order valence-electron chi connectivity index (χ2n) is 15.6. The predicted molar refractivity (Wildman–Crippen MR) is 234 cm³/mol. The lowest BCUT2D eigenvalue weighted by atomic mass is 9.95. The second kappa shape index (κ2) is 25.7. The predicted octanol–water partition coefficient (Wildman–Crippen LogP) is 14.2. The van der Waals surface area contributed by atoms with Crippen molar-refractivity contribution in [3.05, 3.63) is 117 Å². The van der Waals surface area contributed by atoms with E-state index in [0.717, 1.165) is 70.6 Å². The van der Waals surface area contributed by atoms with Gasteiger partial charge in [-0.25, -0.2) is 0 Å². The van der Waals surface area contributed by atoms with Gasteiger partial charge in [-0.05, 0) is 151 Å². The molecule has 0 saturated heterocycles. The van der Waals surface area contributed by atoms with Crippen LogP contribution in [0.25, 0.3) is 10.8 Å². The van der Waals surface area contributed by atoms with Crippen molar-refractivity contribution in [1.29, 1.82) is 0 Å². The first-order valence-corrected chi connectivity index (χ1v) is 20.3. The topological polar surface area (TPSA) is 72.8 Å². The fraction of sp³-hybridized carbons (Fsp3) is 0.480. The number of allylic oxidation sites excluding steroid dienone is 14. The summed E-state index contributed by atoms with van der Waals surface area (Å²) < 4.78 is 10.3. The normalized spacial score (nSPS) is 13.3. The highest BCUT2D eigenvalue weighted by Crippen LogP contribution is 2.40. The van der Waals surface area contributed by atoms with Crippen LogP contribution in [0.5, 0.6) is 11.5 Å². The summed E-state index contributed by atoms with van der Waals surface area (Å²) in [7, 11) is 1.23. The average Bonchev–Trinajstić information content (AvgIpc) is 3.13. The van der Waals surface area contributed by atoms with Gasteiger partial charge in [0.25, 0.3) is 0 Å². The first kappa shape index (κ1) is 46.8. The lowest BCUT2D eigenvalue weighted by Crippen LogP contribution is -2.16. The zero-order valence-corrected chi connectivity index (χ0v) is 35.8. The van der Waals surface area contributed by atoms with E-state index in [1.54, 1.807) is 6.07 Å². The van der Waals surface area contributed by atoms with E-state index in [1.807, 2.05) is 25.1 Å². The lowest BCUT2D eigenvalue weighted by Gasteiger charge is -2.17. The van der Waals surface area contributed by atoms with E-state index in [-0.39, 0.29) is 5.75 Å². The van der Waals surface area contributed by atoms with E-state index < -0.39 is 18.4 Å². The molecular weight excluding hydrogens is 681 g/mol. The molecule has 55 heavy (non-hydrogen) atoms. The first-order valence-electron chi connectivity index (χ1n) is 20.3. The summed E-state index contributed by atoms with van der Waals surface area (Å²) in [5.41, 5.74) is 11.4.